The van der Waals surface area contributed by atoms with Crippen molar-refractivity contribution in [1.29, 1.82) is 0 Å². The van der Waals surface area contributed by atoms with E-state index in [0.717, 1.165) is 25.7 Å². The van der Waals surface area contributed by atoms with Crippen LogP contribution in [-0.2, 0) is 29.0 Å². The molecule has 0 saturated carbocycles. The van der Waals surface area contributed by atoms with E-state index < -0.39 is 41.9 Å². The Kier molecular flexibility index (Phi) is 14.8. The number of hydrogen-bond acceptors (Lipinski definition) is 6. The predicted octanol–water partition coefficient (Wildman–Crippen LogP) is 6.58. The molecule has 0 saturated heterocycles. The molecule has 0 aliphatic rings. The molecule has 0 aromatic rings. The summed E-state index contributed by atoms with van der Waals surface area (Å²) < 4.78 is 52.3. The highest BCUT2D eigenvalue weighted by Gasteiger charge is 2.46. The average Bonchev–Trinajstić information content (AvgIpc) is 2.68. The summed E-state index contributed by atoms with van der Waals surface area (Å²) in [4.78, 5) is 11.5. The average molecular weight is 491 g/mol. The van der Waals surface area contributed by atoms with Crippen molar-refractivity contribution in [1.82, 2.24) is 0 Å². The van der Waals surface area contributed by atoms with Crippen molar-refractivity contribution in [2.75, 3.05) is 6.79 Å². The fourth-order valence-electron chi connectivity index (χ4n) is 2.75. The molecule has 0 fully saturated rings. The van der Waals surface area contributed by atoms with Gasteiger partial charge < -0.3 is 9.47 Å². The van der Waals surface area contributed by atoms with Crippen molar-refractivity contribution < 1.29 is 31.8 Å². The summed E-state index contributed by atoms with van der Waals surface area (Å²) in [6.07, 6.45) is 11.0. The Hall–Kier alpha value is -1.34. The zero-order valence-corrected chi connectivity index (χ0v) is 21.9. The minimum Gasteiger partial charge on any atom is -0.438 e. The maximum Gasteiger partial charge on any atom is 0.310 e. The molecule has 0 aromatic carbocycles. The van der Waals surface area contributed by atoms with Crippen molar-refractivity contribution in [2.24, 2.45) is 5.92 Å². The first-order valence-electron chi connectivity index (χ1n) is 10.9. The Labute approximate surface area is 195 Å². The first-order chi connectivity index (χ1) is 14.8. The predicted molar refractivity (Wildman–Crippen MR) is 128 cm³/mol. The molecule has 0 radical (unpaired) electrons. The van der Waals surface area contributed by atoms with Crippen molar-refractivity contribution >= 4 is 24.5 Å². The van der Waals surface area contributed by atoms with E-state index in [2.05, 4.69) is 32.9 Å². The molecular formula is C23H39O7PS. The van der Waals surface area contributed by atoms with Gasteiger partial charge in [-0.15, -0.1) is 0 Å². The standard InChI is InChI=1S/C23H39O7PS/c1-18(2)11-9-13-21(6)15-10-14-20(5)12-7-8-16-23(31-25,32(26,27)28)30-17-29-22(24)19(3)4/h11-12,15,19H,7-10,13-14,16-17H2,1-6H3,(H,26,27,28). The first-order valence-corrected chi connectivity index (χ1v) is 13.2. The molecule has 32 heavy (non-hydrogen) atoms. The summed E-state index contributed by atoms with van der Waals surface area (Å²) in [5, 5.41) is 0. The van der Waals surface area contributed by atoms with Gasteiger partial charge in [-0.1, -0.05) is 48.8 Å². The van der Waals surface area contributed by atoms with E-state index in [1.54, 1.807) is 13.8 Å². The first kappa shape index (κ1) is 30.7. The van der Waals surface area contributed by atoms with Gasteiger partial charge >= 0.3 is 16.1 Å². The van der Waals surface area contributed by atoms with Crippen LogP contribution in [0.1, 0.15) is 86.5 Å². The van der Waals surface area contributed by atoms with Crippen molar-refractivity contribution in [3.05, 3.63) is 34.9 Å². The van der Waals surface area contributed by atoms with Crippen molar-refractivity contribution in [3.8, 4) is 0 Å². The summed E-state index contributed by atoms with van der Waals surface area (Å²) in [5.41, 5.74) is 3.85. The van der Waals surface area contributed by atoms with Crippen LogP contribution < -0.4 is 0 Å². The van der Waals surface area contributed by atoms with Crippen LogP contribution >= 0.6 is 8.46 Å². The topological polar surface area (TPSA) is 107 Å². The molecule has 0 amide bonds. The monoisotopic (exact) mass is 490 g/mol. The number of unbranched alkanes of at least 4 members (excludes halogenated alkanes) is 1. The van der Waals surface area contributed by atoms with E-state index in [4.69, 9.17) is 9.47 Å². The molecule has 9 heteroatoms. The Balaban J connectivity index is 4.67. The number of rotatable bonds is 16. The molecule has 184 valence electrons. The third kappa shape index (κ3) is 12.6. The fraction of sp³-hybridized carbons (Fsp3) is 0.696. The van der Waals surface area contributed by atoms with Crippen LogP contribution in [0, 0.1) is 5.92 Å². The molecule has 0 aliphatic carbocycles. The zero-order valence-electron chi connectivity index (χ0n) is 20.2. The van der Waals surface area contributed by atoms with Crippen LogP contribution in [0.2, 0.25) is 0 Å². The normalized spacial score (nSPS) is 15.0. The third-order valence-corrected chi connectivity index (χ3v) is 7.49. The summed E-state index contributed by atoms with van der Waals surface area (Å²) in [7, 11) is -5.72. The van der Waals surface area contributed by atoms with Gasteiger partial charge in [0.25, 0.3) is 4.67 Å². The smallest absolute Gasteiger partial charge is 0.310 e. The van der Waals surface area contributed by atoms with Crippen LogP contribution in [0.5, 0.6) is 0 Å². The van der Waals surface area contributed by atoms with Crippen LogP contribution in [0.4, 0.5) is 0 Å². The van der Waals surface area contributed by atoms with Crippen LogP contribution in [-0.4, -0.2) is 30.4 Å². The van der Waals surface area contributed by atoms with Crippen molar-refractivity contribution in [3.63, 3.8) is 0 Å². The number of esters is 1. The van der Waals surface area contributed by atoms with Gasteiger partial charge in [-0.25, -0.2) is 0 Å². The molecule has 0 bridgehead atoms. The highest BCUT2D eigenvalue weighted by Crippen LogP contribution is 2.36. The second kappa shape index (κ2) is 15.5. The second-order valence-electron chi connectivity index (χ2n) is 8.51. The van der Waals surface area contributed by atoms with E-state index in [9.17, 15) is 22.3 Å². The summed E-state index contributed by atoms with van der Waals surface area (Å²) in [6, 6.07) is 0. The molecule has 1 unspecified atom stereocenters. The molecule has 0 rings (SSSR count). The SMILES string of the molecule is CC(C)=CCCC(C)=CCCC(C)=CCCCC(OCOC(=O)C(C)C)(P=O)S(=O)(=O)O. The number of hydrogen-bond donors (Lipinski definition) is 1. The molecule has 7 nitrogen and oxygen atoms in total. The number of ether oxygens (including phenoxy) is 2. The van der Waals surface area contributed by atoms with E-state index in [0.29, 0.717) is 12.8 Å². The summed E-state index contributed by atoms with van der Waals surface area (Å²) in [6.45, 7) is 10.8. The molecule has 1 atom stereocenters. The zero-order chi connectivity index (χ0) is 24.8. The molecule has 0 spiro atoms. The van der Waals surface area contributed by atoms with Crippen molar-refractivity contribution in [2.45, 2.75) is 91.2 Å². The van der Waals surface area contributed by atoms with Gasteiger partial charge in [0.2, 0.25) is 8.46 Å². The lowest BCUT2D eigenvalue weighted by Gasteiger charge is -2.23. The Morgan fingerprint density at radius 1 is 1.00 bits per heavy atom. The van der Waals surface area contributed by atoms with E-state index in [1.807, 2.05) is 13.0 Å². The molecule has 0 aliphatic heterocycles. The van der Waals surface area contributed by atoms with E-state index in [1.165, 1.54) is 16.7 Å². The maximum atomic E-state index is 11.8. The Morgan fingerprint density at radius 2 is 1.53 bits per heavy atom. The highest BCUT2D eigenvalue weighted by molar-refractivity contribution is 7.91. The lowest BCUT2D eigenvalue weighted by molar-refractivity contribution is -0.163. The van der Waals surface area contributed by atoms with Gasteiger partial charge in [0.15, 0.2) is 6.79 Å². The quantitative estimate of drug-likeness (QED) is 0.0650. The highest BCUT2D eigenvalue weighted by atomic mass is 32.2. The van der Waals surface area contributed by atoms with Gasteiger partial charge in [0.1, 0.15) is 0 Å². The van der Waals surface area contributed by atoms with Crippen LogP contribution in [0.15, 0.2) is 34.9 Å². The Bertz CT molecular complexity index is 793. The van der Waals surface area contributed by atoms with E-state index in [-0.39, 0.29) is 6.42 Å². The number of carbonyl (C=O) groups is 1. The fourth-order valence-corrected chi connectivity index (χ4v) is 4.08. The van der Waals surface area contributed by atoms with Gasteiger partial charge in [-0.3, -0.25) is 13.9 Å². The van der Waals surface area contributed by atoms with Crippen LogP contribution in [0.25, 0.3) is 0 Å². The summed E-state index contributed by atoms with van der Waals surface area (Å²) in [5.74, 6) is -1.01. The lowest BCUT2D eigenvalue weighted by atomic mass is 10.1. The van der Waals surface area contributed by atoms with Gasteiger partial charge in [-0.05, 0) is 66.2 Å². The van der Waals surface area contributed by atoms with Gasteiger partial charge in [0.05, 0.1) is 5.92 Å². The number of carbonyl (C=O) groups excluding carboxylic acids is 1. The maximum absolute atomic E-state index is 11.8. The molecular weight excluding hydrogens is 451 g/mol. The lowest BCUT2D eigenvalue weighted by Crippen LogP contribution is -2.37. The molecule has 0 heterocycles. The molecule has 0 aromatic heterocycles. The van der Waals surface area contributed by atoms with Crippen LogP contribution in [0.3, 0.4) is 0 Å². The minimum absolute atomic E-state index is 0.205. The summed E-state index contributed by atoms with van der Waals surface area (Å²) >= 11 is 0. The third-order valence-electron chi connectivity index (χ3n) is 4.81. The van der Waals surface area contributed by atoms with Gasteiger partial charge in [0, 0.05) is 6.42 Å². The van der Waals surface area contributed by atoms with Gasteiger partial charge in [-0.2, -0.15) is 8.42 Å². The number of allylic oxidation sites excluding steroid dienone is 6. The minimum atomic E-state index is -4.80. The Morgan fingerprint density at radius 3 is 2.00 bits per heavy atom. The second-order valence-corrected chi connectivity index (χ2v) is 11.3. The largest absolute Gasteiger partial charge is 0.438 e. The molecule has 1 N–H and O–H groups in total. The van der Waals surface area contributed by atoms with E-state index >= 15 is 0 Å².